The van der Waals surface area contributed by atoms with Crippen molar-refractivity contribution in [3.05, 3.63) is 18.0 Å². The molecule has 1 heterocycles. The van der Waals surface area contributed by atoms with E-state index >= 15 is 0 Å². The maximum atomic E-state index is 6.14. The van der Waals surface area contributed by atoms with Crippen LogP contribution in [0.25, 0.3) is 0 Å². The summed E-state index contributed by atoms with van der Waals surface area (Å²) in [5.74, 6) is 0.643. The molecule has 1 saturated carbocycles. The summed E-state index contributed by atoms with van der Waals surface area (Å²) in [6.45, 7) is 0. The average Bonchev–Trinajstić information content (AvgIpc) is 2.52. The van der Waals surface area contributed by atoms with Crippen molar-refractivity contribution in [2.24, 2.45) is 7.05 Å². The first-order valence-corrected chi connectivity index (χ1v) is 5.32. The molecule has 1 fully saturated rings. The Bertz CT molecular complexity index is 282. The molecule has 2 nitrogen and oxygen atoms in total. The summed E-state index contributed by atoms with van der Waals surface area (Å²) in [7, 11) is 1.96. The van der Waals surface area contributed by atoms with Crippen LogP contribution in [0.15, 0.2) is 12.4 Å². The van der Waals surface area contributed by atoms with Gasteiger partial charge in [-0.15, -0.1) is 11.6 Å². The molecule has 1 aliphatic rings. The van der Waals surface area contributed by atoms with Gasteiger partial charge in [0.25, 0.3) is 0 Å². The molecule has 0 N–H and O–H groups in total. The van der Waals surface area contributed by atoms with Gasteiger partial charge in [-0.25, -0.2) is 0 Å². The first-order valence-electron chi connectivity index (χ1n) is 4.88. The fourth-order valence-corrected chi connectivity index (χ4v) is 2.45. The van der Waals surface area contributed by atoms with Gasteiger partial charge < -0.3 is 0 Å². The average molecular weight is 199 g/mol. The van der Waals surface area contributed by atoms with Crippen molar-refractivity contribution in [2.75, 3.05) is 0 Å². The first-order chi connectivity index (χ1) is 6.25. The molecule has 3 heteroatoms. The molecule has 0 saturated heterocycles. The predicted molar refractivity (Wildman–Crippen MR) is 54.1 cm³/mol. The molecule has 0 spiro atoms. The summed E-state index contributed by atoms with van der Waals surface area (Å²) in [5, 5.41) is 4.56. The fraction of sp³-hybridized carbons (Fsp3) is 0.700. The van der Waals surface area contributed by atoms with E-state index in [0.717, 1.165) is 6.42 Å². The van der Waals surface area contributed by atoms with Gasteiger partial charge >= 0.3 is 0 Å². The maximum absolute atomic E-state index is 6.14. The second-order valence-electron chi connectivity index (χ2n) is 3.91. The topological polar surface area (TPSA) is 17.8 Å². The number of halogens is 1. The maximum Gasteiger partial charge on any atom is 0.0524 e. The third-order valence-corrected chi connectivity index (χ3v) is 3.20. The molecule has 0 bridgehead atoms. The number of alkyl halides is 1. The molecule has 0 aromatic carbocycles. The number of aryl methyl sites for hydroxylation is 1. The normalized spacial score (nSPS) is 29.1. The Morgan fingerprint density at radius 2 is 2.38 bits per heavy atom. The van der Waals surface area contributed by atoms with Gasteiger partial charge in [0.15, 0.2) is 0 Å². The molecule has 72 valence electrons. The highest BCUT2D eigenvalue weighted by Gasteiger charge is 2.22. The Kier molecular flexibility index (Phi) is 2.58. The third-order valence-electron chi connectivity index (χ3n) is 2.81. The highest BCUT2D eigenvalue weighted by atomic mass is 35.5. The molecule has 1 aromatic rings. The monoisotopic (exact) mass is 198 g/mol. The highest BCUT2D eigenvalue weighted by Crippen LogP contribution is 2.34. The van der Waals surface area contributed by atoms with E-state index in [2.05, 4.69) is 11.3 Å². The van der Waals surface area contributed by atoms with Gasteiger partial charge in [-0.05, 0) is 30.7 Å². The minimum Gasteiger partial charge on any atom is -0.276 e. The zero-order valence-electron chi connectivity index (χ0n) is 7.91. The van der Waals surface area contributed by atoms with Gasteiger partial charge in [-0.3, -0.25) is 4.68 Å². The lowest BCUT2D eigenvalue weighted by Crippen LogP contribution is -2.13. The molecule has 2 unspecified atom stereocenters. The molecule has 0 radical (unpaired) electrons. The van der Waals surface area contributed by atoms with Gasteiger partial charge in [0.1, 0.15) is 0 Å². The molecule has 2 rings (SSSR count). The molecular weight excluding hydrogens is 184 g/mol. The second-order valence-corrected chi connectivity index (χ2v) is 4.53. The van der Waals surface area contributed by atoms with Gasteiger partial charge in [-0.1, -0.05) is 6.42 Å². The highest BCUT2D eigenvalue weighted by molar-refractivity contribution is 6.20. The van der Waals surface area contributed by atoms with Crippen molar-refractivity contribution in [3.8, 4) is 0 Å². The first kappa shape index (κ1) is 9.07. The Hall–Kier alpha value is -0.500. The predicted octanol–water partition coefficient (Wildman–Crippen LogP) is 2.69. The molecule has 2 atom stereocenters. The number of aromatic nitrogens is 2. The van der Waals surface area contributed by atoms with Crippen LogP contribution in [0.4, 0.5) is 0 Å². The van der Waals surface area contributed by atoms with E-state index in [-0.39, 0.29) is 0 Å². The molecule has 0 amide bonds. The van der Waals surface area contributed by atoms with Crippen LogP contribution in [0, 0.1) is 0 Å². The van der Waals surface area contributed by atoms with Crippen molar-refractivity contribution in [1.82, 2.24) is 9.78 Å². The number of nitrogens with zero attached hydrogens (tertiary/aromatic N) is 2. The van der Waals surface area contributed by atoms with Gasteiger partial charge in [0.05, 0.1) is 6.20 Å². The lowest BCUT2D eigenvalue weighted by Gasteiger charge is -2.24. The summed E-state index contributed by atoms with van der Waals surface area (Å²) in [6.07, 6.45) is 8.91. The number of hydrogen-bond donors (Lipinski definition) is 0. The molecule has 1 aromatic heterocycles. The molecule has 0 aliphatic heterocycles. The number of rotatable bonds is 1. The van der Waals surface area contributed by atoms with Crippen LogP contribution >= 0.6 is 11.6 Å². The van der Waals surface area contributed by atoms with Crippen molar-refractivity contribution in [3.63, 3.8) is 0 Å². The smallest absolute Gasteiger partial charge is 0.0524 e. The molecular formula is C10H15ClN2. The van der Waals surface area contributed by atoms with Crippen LogP contribution in [0.5, 0.6) is 0 Å². The van der Waals surface area contributed by atoms with Crippen molar-refractivity contribution >= 4 is 11.6 Å². The minimum absolute atomic E-state index is 0.374. The van der Waals surface area contributed by atoms with E-state index in [1.54, 1.807) is 0 Å². The van der Waals surface area contributed by atoms with Crippen LogP contribution in [-0.4, -0.2) is 15.2 Å². The quantitative estimate of drug-likeness (QED) is 0.635. The van der Waals surface area contributed by atoms with E-state index < -0.39 is 0 Å². The third kappa shape index (κ3) is 2.05. The van der Waals surface area contributed by atoms with Crippen LogP contribution in [0.1, 0.15) is 37.2 Å². The second kappa shape index (κ2) is 3.70. The lowest BCUT2D eigenvalue weighted by atomic mass is 9.85. The van der Waals surface area contributed by atoms with Crippen LogP contribution in [0.2, 0.25) is 0 Å². The van der Waals surface area contributed by atoms with E-state index in [9.17, 15) is 0 Å². The van der Waals surface area contributed by atoms with Crippen LogP contribution in [0.3, 0.4) is 0 Å². The van der Waals surface area contributed by atoms with Crippen molar-refractivity contribution in [2.45, 2.75) is 37.0 Å². The summed E-state index contributed by atoms with van der Waals surface area (Å²) < 4.78 is 1.87. The minimum atomic E-state index is 0.374. The zero-order chi connectivity index (χ0) is 9.26. The van der Waals surface area contributed by atoms with Gasteiger partial charge in [0, 0.05) is 18.6 Å². The summed E-state index contributed by atoms with van der Waals surface area (Å²) in [4.78, 5) is 0. The SMILES string of the molecule is Cn1cc(C2CCCC(Cl)C2)cn1. The summed E-state index contributed by atoms with van der Waals surface area (Å²) in [5.41, 5.74) is 1.35. The standard InChI is InChI=1S/C10H15ClN2/c1-13-7-9(6-12-13)8-3-2-4-10(11)5-8/h6-8,10H,2-5H2,1H3. The van der Waals surface area contributed by atoms with Gasteiger partial charge in [-0.2, -0.15) is 5.10 Å². The Balaban J connectivity index is 2.08. The van der Waals surface area contributed by atoms with Crippen molar-refractivity contribution < 1.29 is 0 Å². The zero-order valence-corrected chi connectivity index (χ0v) is 8.67. The molecule has 1 aliphatic carbocycles. The summed E-state index contributed by atoms with van der Waals surface area (Å²) in [6, 6.07) is 0. The van der Waals surface area contributed by atoms with Gasteiger partial charge in [0.2, 0.25) is 0 Å². The van der Waals surface area contributed by atoms with E-state index in [1.807, 2.05) is 17.9 Å². The fourth-order valence-electron chi connectivity index (χ4n) is 2.08. The Morgan fingerprint density at radius 1 is 1.54 bits per heavy atom. The lowest BCUT2D eigenvalue weighted by molar-refractivity contribution is 0.449. The number of hydrogen-bond acceptors (Lipinski definition) is 1. The van der Waals surface area contributed by atoms with E-state index in [1.165, 1.54) is 24.8 Å². The van der Waals surface area contributed by atoms with E-state index in [4.69, 9.17) is 11.6 Å². The van der Waals surface area contributed by atoms with E-state index in [0.29, 0.717) is 11.3 Å². The Labute approximate surface area is 83.9 Å². The largest absolute Gasteiger partial charge is 0.276 e. The van der Waals surface area contributed by atoms with Crippen LogP contribution in [-0.2, 0) is 7.05 Å². The summed E-state index contributed by atoms with van der Waals surface area (Å²) >= 11 is 6.14. The Morgan fingerprint density at radius 3 is 3.00 bits per heavy atom. The van der Waals surface area contributed by atoms with Crippen molar-refractivity contribution in [1.29, 1.82) is 0 Å². The van der Waals surface area contributed by atoms with Crippen LogP contribution < -0.4 is 0 Å². The molecule has 13 heavy (non-hydrogen) atoms.